The maximum Gasteiger partial charge on any atom is 0.119 e. The SMILES string of the molecule is Oc1ccc(C2(c3ccc(O)c(C4CCCCC4)c3)CCCCCCCCCCC2)cc1C1CCCCC1. The fraction of sp³-hybridized carbons (Fsp3) is 0.667. The lowest BCUT2D eigenvalue weighted by Crippen LogP contribution is -2.29. The minimum atomic E-state index is -0.0482. The lowest BCUT2D eigenvalue weighted by atomic mass is 9.66. The quantitative estimate of drug-likeness (QED) is 0.424. The van der Waals surface area contributed by atoms with Gasteiger partial charge in [0, 0.05) is 5.41 Å². The Labute approximate surface area is 232 Å². The van der Waals surface area contributed by atoms with Gasteiger partial charge in [0.2, 0.25) is 0 Å². The monoisotopic (exact) mass is 516 g/mol. The van der Waals surface area contributed by atoms with Gasteiger partial charge in [-0.25, -0.2) is 0 Å². The molecule has 3 aliphatic rings. The van der Waals surface area contributed by atoms with Gasteiger partial charge >= 0.3 is 0 Å². The van der Waals surface area contributed by atoms with Crippen LogP contribution >= 0.6 is 0 Å². The topological polar surface area (TPSA) is 40.5 Å². The van der Waals surface area contributed by atoms with Gasteiger partial charge in [0.25, 0.3) is 0 Å². The molecule has 0 saturated heterocycles. The van der Waals surface area contributed by atoms with E-state index in [1.165, 1.54) is 144 Å². The van der Waals surface area contributed by atoms with Gasteiger partial charge < -0.3 is 10.2 Å². The summed E-state index contributed by atoms with van der Waals surface area (Å²) in [6, 6.07) is 13.4. The summed E-state index contributed by atoms with van der Waals surface area (Å²) in [5.74, 6) is 1.98. The molecular formula is C36H52O2. The number of phenolic OH excluding ortho intramolecular Hbond substituents is 2. The van der Waals surface area contributed by atoms with Crippen LogP contribution in [0.25, 0.3) is 0 Å². The predicted molar refractivity (Wildman–Crippen MR) is 159 cm³/mol. The Bertz CT molecular complexity index is 930. The first kappa shape index (κ1) is 27.6. The standard InChI is InChI=1S/C36H52O2/c37-34-22-20-30(26-32(34)28-16-10-8-11-17-28)36(24-14-6-4-2-1-3-5-7-15-25-36)31-21-23-35(38)33(27-31)29-18-12-9-13-19-29/h20-23,26-29,37-38H,1-19,24-25H2. The number of rotatable bonds is 4. The molecule has 0 unspecified atom stereocenters. The van der Waals surface area contributed by atoms with Crippen molar-refractivity contribution in [3.05, 3.63) is 58.7 Å². The van der Waals surface area contributed by atoms with Crippen LogP contribution in [-0.2, 0) is 5.41 Å². The highest BCUT2D eigenvalue weighted by Gasteiger charge is 2.36. The number of benzene rings is 2. The van der Waals surface area contributed by atoms with Gasteiger partial charge in [-0.1, -0.05) is 121 Å². The molecule has 0 heterocycles. The van der Waals surface area contributed by atoms with Crippen molar-refractivity contribution >= 4 is 0 Å². The number of aromatic hydroxyl groups is 2. The molecule has 0 spiro atoms. The summed E-state index contributed by atoms with van der Waals surface area (Å²) in [5, 5.41) is 22.0. The minimum absolute atomic E-state index is 0.0482. The van der Waals surface area contributed by atoms with Crippen LogP contribution in [0, 0.1) is 0 Å². The minimum Gasteiger partial charge on any atom is -0.508 e. The molecule has 2 heteroatoms. The van der Waals surface area contributed by atoms with Crippen LogP contribution in [0.5, 0.6) is 11.5 Å². The summed E-state index contributed by atoms with van der Waals surface area (Å²) in [4.78, 5) is 0. The van der Waals surface area contributed by atoms with E-state index in [-0.39, 0.29) is 5.41 Å². The lowest BCUT2D eigenvalue weighted by molar-refractivity contribution is 0.376. The fourth-order valence-corrected chi connectivity index (χ4v) is 8.15. The molecule has 3 saturated carbocycles. The summed E-state index contributed by atoms with van der Waals surface area (Å²) in [7, 11) is 0. The van der Waals surface area contributed by atoms with Crippen LogP contribution in [0.2, 0.25) is 0 Å². The molecule has 2 nitrogen and oxygen atoms in total. The molecule has 0 amide bonds. The molecule has 208 valence electrons. The molecule has 0 aliphatic heterocycles. The Balaban J connectivity index is 1.58. The molecule has 38 heavy (non-hydrogen) atoms. The molecule has 2 aromatic rings. The zero-order valence-corrected chi connectivity index (χ0v) is 23.9. The Hall–Kier alpha value is -1.96. The van der Waals surface area contributed by atoms with Crippen LogP contribution in [0.4, 0.5) is 0 Å². The first-order valence-corrected chi connectivity index (χ1v) is 16.3. The van der Waals surface area contributed by atoms with Crippen molar-refractivity contribution in [2.24, 2.45) is 0 Å². The summed E-state index contributed by atoms with van der Waals surface area (Å²) in [6.07, 6.45) is 26.9. The molecular weight excluding hydrogens is 464 g/mol. The molecule has 3 aliphatic carbocycles. The highest BCUT2D eigenvalue weighted by Crippen LogP contribution is 2.48. The third kappa shape index (κ3) is 6.43. The van der Waals surface area contributed by atoms with Crippen LogP contribution in [0.15, 0.2) is 36.4 Å². The van der Waals surface area contributed by atoms with E-state index in [9.17, 15) is 10.2 Å². The van der Waals surface area contributed by atoms with Crippen molar-refractivity contribution in [1.29, 1.82) is 0 Å². The van der Waals surface area contributed by atoms with Crippen molar-refractivity contribution < 1.29 is 10.2 Å². The molecule has 0 atom stereocenters. The third-order valence-corrected chi connectivity index (χ3v) is 10.5. The largest absolute Gasteiger partial charge is 0.508 e. The smallest absolute Gasteiger partial charge is 0.119 e. The summed E-state index contributed by atoms with van der Waals surface area (Å²) < 4.78 is 0. The van der Waals surface area contributed by atoms with Crippen LogP contribution < -0.4 is 0 Å². The second-order valence-corrected chi connectivity index (χ2v) is 13.0. The van der Waals surface area contributed by atoms with Gasteiger partial charge in [-0.3, -0.25) is 0 Å². The summed E-state index contributed by atoms with van der Waals surface area (Å²) in [6.45, 7) is 0. The number of hydrogen-bond acceptors (Lipinski definition) is 2. The highest BCUT2D eigenvalue weighted by atomic mass is 16.3. The lowest BCUT2D eigenvalue weighted by Gasteiger charge is -2.38. The Morgan fingerprint density at radius 3 is 1.18 bits per heavy atom. The molecule has 2 aromatic carbocycles. The summed E-state index contributed by atoms with van der Waals surface area (Å²) in [5.41, 5.74) is 5.16. The van der Waals surface area contributed by atoms with E-state index in [1.807, 2.05) is 12.1 Å². The van der Waals surface area contributed by atoms with E-state index in [4.69, 9.17) is 0 Å². The molecule has 2 N–H and O–H groups in total. The predicted octanol–water partition coefficient (Wildman–Crippen LogP) is 10.8. The van der Waals surface area contributed by atoms with E-state index in [0.717, 1.165) is 12.8 Å². The Morgan fingerprint density at radius 2 is 0.789 bits per heavy atom. The van der Waals surface area contributed by atoms with Crippen molar-refractivity contribution in [3.8, 4) is 11.5 Å². The second kappa shape index (κ2) is 13.4. The Kier molecular flexibility index (Phi) is 9.73. The fourth-order valence-electron chi connectivity index (χ4n) is 8.15. The highest BCUT2D eigenvalue weighted by molar-refractivity contribution is 5.50. The molecule has 3 fully saturated rings. The normalized spacial score (nSPS) is 22.8. The van der Waals surface area contributed by atoms with Gasteiger partial charge in [0.15, 0.2) is 0 Å². The average molecular weight is 517 g/mol. The van der Waals surface area contributed by atoms with Gasteiger partial charge in [-0.15, -0.1) is 0 Å². The average Bonchev–Trinajstić information content (AvgIpc) is 2.95. The van der Waals surface area contributed by atoms with Crippen LogP contribution in [0.3, 0.4) is 0 Å². The molecule has 5 rings (SSSR count). The first-order valence-electron chi connectivity index (χ1n) is 16.3. The Morgan fingerprint density at radius 1 is 0.447 bits per heavy atom. The number of hydrogen-bond donors (Lipinski definition) is 2. The van der Waals surface area contributed by atoms with E-state index in [2.05, 4.69) is 24.3 Å². The van der Waals surface area contributed by atoms with Gasteiger partial charge in [-0.05, 0) is 84.7 Å². The van der Waals surface area contributed by atoms with Crippen molar-refractivity contribution in [3.63, 3.8) is 0 Å². The number of phenols is 2. The van der Waals surface area contributed by atoms with E-state index < -0.39 is 0 Å². The van der Waals surface area contributed by atoms with Crippen molar-refractivity contribution in [2.45, 2.75) is 152 Å². The molecule has 0 bridgehead atoms. The maximum absolute atomic E-state index is 11.0. The third-order valence-electron chi connectivity index (χ3n) is 10.5. The summed E-state index contributed by atoms with van der Waals surface area (Å²) >= 11 is 0. The van der Waals surface area contributed by atoms with Gasteiger partial charge in [0.05, 0.1) is 0 Å². The maximum atomic E-state index is 11.0. The zero-order chi connectivity index (χ0) is 26.2. The zero-order valence-electron chi connectivity index (χ0n) is 23.9. The first-order chi connectivity index (χ1) is 18.7. The van der Waals surface area contributed by atoms with Gasteiger partial charge in [0.1, 0.15) is 11.5 Å². The molecule has 0 radical (unpaired) electrons. The van der Waals surface area contributed by atoms with Crippen molar-refractivity contribution in [2.75, 3.05) is 0 Å². The van der Waals surface area contributed by atoms with Crippen LogP contribution in [0.1, 0.15) is 169 Å². The second-order valence-electron chi connectivity index (χ2n) is 13.0. The van der Waals surface area contributed by atoms with Gasteiger partial charge in [-0.2, -0.15) is 0 Å². The van der Waals surface area contributed by atoms with E-state index >= 15 is 0 Å². The van der Waals surface area contributed by atoms with E-state index in [1.54, 1.807) is 0 Å². The molecule has 0 aromatic heterocycles. The van der Waals surface area contributed by atoms with Crippen molar-refractivity contribution in [1.82, 2.24) is 0 Å². The van der Waals surface area contributed by atoms with Crippen LogP contribution in [-0.4, -0.2) is 10.2 Å². The van der Waals surface area contributed by atoms with E-state index in [0.29, 0.717) is 23.3 Å².